The van der Waals surface area contributed by atoms with Crippen molar-refractivity contribution in [3.05, 3.63) is 53.1 Å². The first-order valence-electron chi connectivity index (χ1n) is 10.2. The topological polar surface area (TPSA) is 173 Å². The van der Waals surface area contributed by atoms with E-state index in [0.717, 1.165) is 13.8 Å². The maximum Gasteiger partial charge on any atom is 0.285 e. The van der Waals surface area contributed by atoms with Crippen LogP contribution in [-0.4, -0.2) is 60.2 Å². The van der Waals surface area contributed by atoms with Crippen molar-refractivity contribution in [1.82, 2.24) is 0 Å². The minimum atomic E-state index is -3.89. The van der Waals surface area contributed by atoms with Gasteiger partial charge in [0.15, 0.2) is 0 Å². The molecule has 1 fully saturated rings. The fourth-order valence-corrected chi connectivity index (χ4v) is 4.32. The van der Waals surface area contributed by atoms with Gasteiger partial charge in [-0.05, 0) is 61.7 Å². The van der Waals surface area contributed by atoms with Gasteiger partial charge in [-0.2, -0.15) is 5.26 Å². The van der Waals surface area contributed by atoms with Gasteiger partial charge in [0.25, 0.3) is 23.1 Å². The Kier molecular flexibility index (Phi) is 5.14. The molecule has 4 rings (SSSR count). The summed E-state index contributed by atoms with van der Waals surface area (Å²) < 4.78 is 16.7. The van der Waals surface area contributed by atoms with Crippen LogP contribution in [0.2, 0.25) is 0 Å². The molecule has 0 unspecified atom stereocenters. The summed E-state index contributed by atoms with van der Waals surface area (Å²) >= 11 is 0. The van der Waals surface area contributed by atoms with Gasteiger partial charge in [-0.1, -0.05) is 12.1 Å². The van der Waals surface area contributed by atoms with Crippen molar-refractivity contribution in [2.75, 3.05) is 6.61 Å². The van der Waals surface area contributed by atoms with E-state index < -0.39 is 28.7 Å². The molecule has 2 aliphatic rings. The Hall–Kier alpha value is -2.59. The zero-order valence-corrected chi connectivity index (χ0v) is 18.2. The number of aliphatic hydroxyl groups is 6. The van der Waals surface area contributed by atoms with E-state index in [4.69, 9.17) is 14.2 Å². The third-order valence-corrected chi connectivity index (χ3v) is 6.30. The minimum Gasteiger partial charge on any atom is -0.494 e. The van der Waals surface area contributed by atoms with Gasteiger partial charge < -0.3 is 44.8 Å². The summed E-state index contributed by atoms with van der Waals surface area (Å²) in [5, 5.41) is 73.1. The molecule has 2 aliphatic heterocycles. The van der Waals surface area contributed by atoms with Crippen molar-refractivity contribution >= 4 is 0 Å². The van der Waals surface area contributed by atoms with E-state index in [1.165, 1.54) is 12.1 Å². The largest absolute Gasteiger partial charge is 0.494 e. The van der Waals surface area contributed by atoms with Crippen molar-refractivity contribution in [3.63, 3.8) is 0 Å². The lowest BCUT2D eigenvalue weighted by molar-refractivity contribution is -0.584. The number of rotatable bonds is 3. The molecule has 1 spiro atoms. The summed E-state index contributed by atoms with van der Waals surface area (Å²) in [6, 6.07) is 11.8. The predicted octanol–water partition coefficient (Wildman–Crippen LogP) is 0.158. The van der Waals surface area contributed by atoms with E-state index in [1.54, 1.807) is 24.3 Å². The first-order chi connectivity index (χ1) is 15.3. The molecular formula is C23H25NO9. The Morgan fingerprint density at radius 3 is 2.18 bits per heavy atom. The maximum absolute atomic E-state index is 10.9. The van der Waals surface area contributed by atoms with E-state index in [1.807, 2.05) is 6.92 Å². The number of hydrogen-bond acceptors (Lipinski definition) is 10. The van der Waals surface area contributed by atoms with Gasteiger partial charge in [-0.25, -0.2) is 0 Å². The third kappa shape index (κ3) is 2.96. The highest BCUT2D eigenvalue weighted by molar-refractivity contribution is 5.73. The molecule has 2 aromatic rings. The summed E-state index contributed by atoms with van der Waals surface area (Å²) in [4.78, 5) is 0. The monoisotopic (exact) mass is 459 g/mol. The van der Waals surface area contributed by atoms with Crippen molar-refractivity contribution in [2.45, 2.75) is 56.1 Å². The quantitative estimate of drug-likeness (QED) is 0.347. The van der Waals surface area contributed by atoms with Gasteiger partial charge >= 0.3 is 0 Å². The van der Waals surface area contributed by atoms with Crippen LogP contribution in [0.4, 0.5) is 0 Å². The molecule has 2 aromatic carbocycles. The minimum absolute atomic E-state index is 0.00793. The molecule has 1 saturated heterocycles. The van der Waals surface area contributed by atoms with Gasteiger partial charge in [0.2, 0.25) is 0 Å². The van der Waals surface area contributed by atoms with Crippen LogP contribution in [0.3, 0.4) is 0 Å². The van der Waals surface area contributed by atoms with Crippen molar-refractivity contribution < 1.29 is 44.8 Å². The molecule has 0 bridgehead atoms. The molecule has 0 amide bonds. The highest BCUT2D eigenvalue weighted by atomic mass is 16.8. The zero-order valence-electron chi connectivity index (χ0n) is 18.2. The van der Waals surface area contributed by atoms with Crippen LogP contribution in [-0.2, 0) is 21.9 Å². The summed E-state index contributed by atoms with van der Waals surface area (Å²) in [6.07, 6.45) is 0. The lowest BCUT2D eigenvalue weighted by atomic mass is 9.74. The van der Waals surface area contributed by atoms with Gasteiger partial charge in [0.05, 0.1) is 24.8 Å². The average Bonchev–Trinajstić information content (AvgIpc) is 3.10. The molecule has 6 N–H and O–H groups in total. The van der Waals surface area contributed by atoms with E-state index in [2.05, 4.69) is 6.07 Å². The lowest BCUT2D eigenvalue weighted by Gasteiger charge is -2.60. The van der Waals surface area contributed by atoms with Gasteiger partial charge in [-0.15, -0.1) is 0 Å². The second kappa shape index (κ2) is 7.20. The van der Waals surface area contributed by atoms with E-state index in [0.29, 0.717) is 29.0 Å². The predicted molar refractivity (Wildman–Crippen MR) is 111 cm³/mol. The zero-order chi connectivity index (χ0) is 24.4. The third-order valence-electron chi connectivity index (χ3n) is 6.30. The number of hydrogen-bond donors (Lipinski definition) is 6. The summed E-state index contributed by atoms with van der Waals surface area (Å²) in [6.45, 7) is 4.31. The first kappa shape index (κ1) is 23.6. The molecule has 1 atom stereocenters. The normalized spacial score (nSPS) is 25.9. The number of nitriles is 1. The molecule has 0 aliphatic carbocycles. The second-order valence-electron chi connectivity index (χ2n) is 8.66. The summed E-state index contributed by atoms with van der Waals surface area (Å²) in [5.74, 6) is -13.1. The van der Waals surface area contributed by atoms with E-state index in [9.17, 15) is 35.9 Å². The number of ether oxygens (including phenoxy) is 3. The van der Waals surface area contributed by atoms with Crippen LogP contribution < -0.4 is 4.74 Å². The maximum atomic E-state index is 10.9. The molecule has 2 heterocycles. The molecule has 0 radical (unpaired) electrons. The summed E-state index contributed by atoms with van der Waals surface area (Å²) in [5.41, 5.74) is -0.592. The van der Waals surface area contributed by atoms with E-state index in [-0.39, 0.29) is 17.7 Å². The molecule has 33 heavy (non-hydrogen) atoms. The SMILES string of the molecule is CCOc1ccc(-c2cc3c(cc2C#N)CO[C@]32OC(C)(C)C(O)(O)C(O)(O)C2(O)O)cc1. The van der Waals surface area contributed by atoms with Crippen LogP contribution in [0.1, 0.15) is 37.5 Å². The van der Waals surface area contributed by atoms with Gasteiger partial charge in [0, 0.05) is 5.56 Å². The molecule has 0 saturated carbocycles. The van der Waals surface area contributed by atoms with E-state index >= 15 is 0 Å². The van der Waals surface area contributed by atoms with Crippen LogP contribution in [0.25, 0.3) is 11.1 Å². The van der Waals surface area contributed by atoms with Crippen LogP contribution in [0.15, 0.2) is 36.4 Å². The molecule has 10 nitrogen and oxygen atoms in total. The van der Waals surface area contributed by atoms with Gasteiger partial charge in [0.1, 0.15) is 11.4 Å². The lowest BCUT2D eigenvalue weighted by Crippen LogP contribution is -2.85. The van der Waals surface area contributed by atoms with Crippen LogP contribution in [0.5, 0.6) is 5.75 Å². The molecular weight excluding hydrogens is 434 g/mol. The number of benzene rings is 2. The van der Waals surface area contributed by atoms with Crippen LogP contribution in [0, 0.1) is 11.3 Å². The fourth-order valence-electron chi connectivity index (χ4n) is 4.32. The Labute approximate surface area is 189 Å². The fraction of sp³-hybridized carbons (Fsp3) is 0.435. The first-order valence-corrected chi connectivity index (χ1v) is 10.2. The Morgan fingerprint density at radius 1 is 0.970 bits per heavy atom. The smallest absolute Gasteiger partial charge is 0.285 e. The van der Waals surface area contributed by atoms with Crippen molar-refractivity contribution in [1.29, 1.82) is 5.26 Å². The highest BCUT2D eigenvalue weighted by Crippen LogP contribution is 2.58. The van der Waals surface area contributed by atoms with Crippen LogP contribution >= 0.6 is 0 Å². The second-order valence-corrected chi connectivity index (χ2v) is 8.66. The Bertz CT molecular complexity index is 1130. The molecule has 176 valence electrons. The Morgan fingerprint density at radius 2 is 1.61 bits per heavy atom. The van der Waals surface area contributed by atoms with Crippen molar-refractivity contribution in [3.8, 4) is 22.9 Å². The Balaban J connectivity index is 1.92. The van der Waals surface area contributed by atoms with Gasteiger partial charge in [-0.3, -0.25) is 0 Å². The molecule has 0 aromatic heterocycles. The standard InChI is InChI=1S/C23H25NO9/c1-4-31-16-7-5-13(6-8-16)17-10-18-15(9-14(17)11-24)12-32-20(18)22(27,28)23(29,30)21(25,26)19(2,3)33-20/h5-10,25-30H,4,12H2,1-3H3/t20-/m0/s1. The molecule has 10 heteroatoms. The number of fused-ring (bicyclic) bond motifs is 2. The summed E-state index contributed by atoms with van der Waals surface area (Å²) in [7, 11) is 0. The average molecular weight is 459 g/mol. The highest BCUT2D eigenvalue weighted by Gasteiger charge is 2.82. The number of nitrogens with zero attached hydrogens (tertiary/aromatic N) is 1. The van der Waals surface area contributed by atoms with Crippen molar-refractivity contribution in [2.24, 2.45) is 0 Å².